The van der Waals surface area contributed by atoms with E-state index in [9.17, 15) is 0 Å². The molecule has 0 radical (unpaired) electrons. The Bertz CT molecular complexity index is 584. The van der Waals surface area contributed by atoms with Gasteiger partial charge in [0.15, 0.2) is 0 Å². The molecule has 0 fully saturated rings. The Morgan fingerprint density at radius 2 is 1.95 bits per heavy atom. The van der Waals surface area contributed by atoms with Gasteiger partial charge in [0.2, 0.25) is 0 Å². The van der Waals surface area contributed by atoms with Gasteiger partial charge < -0.3 is 15.4 Å². The summed E-state index contributed by atoms with van der Waals surface area (Å²) in [6.07, 6.45) is 0. The Morgan fingerprint density at radius 1 is 1.20 bits per heavy atom. The van der Waals surface area contributed by atoms with Crippen molar-refractivity contribution in [1.82, 2.24) is 4.98 Å². The van der Waals surface area contributed by atoms with Gasteiger partial charge in [-0.2, -0.15) is 0 Å². The lowest BCUT2D eigenvalue weighted by atomic mass is 10.2. The van der Waals surface area contributed by atoms with Gasteiger partial charge in [-0.25, -0.2) is 0 Å². The topological polar surface area (TPSA) is 51.4 Å². The molecule has 0 unspecified atom stereocenters. The Labute approximate surface area is 120 Å². The van der Waals surface area contributed by atoms with E-state index in [1.54, 1.807) is 7.11 Å². The van der Waals surface area contributed by atoms with Gasteiger partial charge in [0, 0.05) is 12.2 Å². The zero-order valence-electron chi connectivity index (χ0n) is 12.3. The molecule has 0 spiro atoms. The summed E-state index contributed by atoms with van der Waals surface area (Å²) in [5, 5.41) is 0. The fourth-order valence-corrected chi connectivity index (χ4v) is 2.24. The second kappa shape index (κ2) is 6.28. The summed E-state index contributed by atoms with van der Waals surface area (Å²) in [5.74, 6) is 0.707. The first-order chi connectivity index (χ1) is 9.65. The fraction of sp³-hybridized carbons (Fsp3) is 0.312. The molecule has 20 heavy (non-hydrogen) atoms. The van der Waals surface area contributed by atoms with Crippen LogP contribution in [-0.2, 0) is 6.54 Å². The number of hydrogen-bond acceptors (Lipinski definition) is 4. The van der Waals surface area contributed by atoms with Gasteiger partial charge in [0.05, 0.1) is 30.7 Å². The monoisotopic (exact) mass is 271 g/mol. The zero-order chi connectivity index (χ0) is 14.5. The third kappa shape index (κ3) is 3.02. The van der Waals surface area contributed by atoms with E-state index in [0.717, 1.165) is 30.2 Å². The molecule has 0 aliphatic rings. The number of methoxy groups -OCH3 is 1. The molecule has 1 heterocycles. The van der Waals surface area contributed by atoms with E-state index in [1.807, 2.05) is 43.3 Å². The summed E-state index contributed by atoms with van der Waals surface area (Å²) in [4.78, 5) is 6.74. The van der Waals surface area contributed by atoms with Crippen molar-refractivity contribution in [2.75, 3.05) is 24.3 Å². The lowest BCUT2D eigenvalue weighted by Crippen LogP contribution is -2.23. The van der Waals surface area contributed by atoms with Gasteiger partial charge in [0.25, 0.3) is 0 Å². The van der Waals surface area contributed by atoms with E-state index >= 15 is 0 Å². The lowest BCUT2D eigenvalue weighted by Gasteiger charge is -2.25. The minimum atomic E-state index is 0.671. The summed E-state index contributed by atoms with van der Waals surface area (Å²) in [6, 6.07) is 11.9. The van der Waals surface area contributed by atoms with E-state index in [2.05, 4.69) is 16.8 Å². The number of aryl methyl sites for hydroxylation is 1. The molecular weight excluding hydrogens is 250 g/mol. The van der Waals surface area contributed by atoms with Crippen molar-refractivity contribution in [1.29, 1.82) is 0 Å². The van der Waals surface area contributed by atoms with Gasteiger partial charge in [-0.1, -0.05) is 12.1 Å². The van der Waals surface area contributed by atoms with Crippen LogP contribution in [0.1, 0.15) is 18.3 Å². The van der Waals surface area contributed by atoms with E-state index in [0.29, 0.717) is 11.4 Å². The predicted molar refractivity (Wildman–Crippen MR) is 83.1 cm³/mol. The van der Waals surface area contributed by atoms with Crippen molar-refractivity contribution in [3.8, 4) is 5.75 Å². The van der Waals surface area contributed by atoms with Crippen LogP contribution in [0.15, 0.2) is 36.4 Å². The van der Waals surface area contributed by atoms with Gasteiger partial charge in [-0.05, 0) is 38.1 Å². The van der Waals surface area contributed by atoms with Crippen LogP contribution in [0.3, 0.4) is 0 Å². The molecule has 0 atom stereocenters. The van der Waals surface area contributed by atoms with Crippen molar-refractivity contribution in [2.45, 2.75) is 20.4 Å². The molecule has 2 N–H and O–H groups in total. The van der Waals surface area contributed by atoms with Crippen LogP contribution in [0.5, 0.6) is 5.75 Å². The molecule has 4 nitrogen and oxygen atoms in total. The Hall–Kier alpha value is -2.23. The molecule has 0 aliphatic heterocycles. The smallest absolute Gasteiger partial charge is 0.143 e. The molecule has 0 amide bonds. The molecule has 4 heteroatoms. The van der Waals surface area contributed by atoms with Gasteiger partial charge in [0.1, 0.15) is 5.75 Å². The summed E-state index contributed by atoms with van der Waals surface area (Å²) in [6.45, 7) is 5.69. The molecule has 0 saturated heterocycles. The third-order valence-electron chi connectivity index (χ3n) is 3.28. The molecule has 0 saturated carbocycles. The Morgan fingerprint density at radius 3 is 2.60 bits per heavy atom. The van der Waals surface area contributed by atoms with Crippen LogP contribution in [0.25, 0.3) is 0 Å². The summed E-state index contributed by atoms with van der Waals surface area (Å²) in [5.41, 5.74) is 9.88. The first kappa shape index (κ1) is 14.2. The van der Waals surface area contributed by atoms with Crippen LogP contribution in [-0.4, -0.2) is 18.6 Å². The summed E-state index contributed by atoms with van der Waals surface area (Å²) >= 11 is 0. The SMILES string of the molecule is CCN(Cc1cccc(C)n1)c1cccc(OC)c1N. The van der Waals surface area contributed by atoms with Gasteiger partial charge in [-0.15, -0.1) is 0 Å². The number of nitrogen functional groups attached to an aromatic ring is 1. The molecule has 0 bridgehead atoms. The highest BCUT2D eigenvalue weighted by molar-refractivity contribution is 5.74. The number of nitrogens with zero attached hydrogens (tertiary/aromatic N) is 2. The van der Waals surface area contributed by atoms with Crippen molar-refractivity contribution < 1.29 is 4.74 Å². The molecule has 1 aromatic heterocycles. The number of anilines is 2. The number of benzene rings is 1. The average Bonchev–Trinajstić information content (AvgIpc) is 2.45. The number of rotatable bonds is 5. The second-order valence-corrected chi connectivity index (χ2v) is 4.68. The highest BCUT2D eigenvalue weighted by Gasteiger charge is 2.12. The van der Waals surface area contributed by atoms with Crippen LogP contribution < -0.4 is 15.4 Å². The summed E-state index contributed by atoms with van der Waals surface area (Å²) < 4.78 is 5.28. The van der Waals surface area contributed by atoms with E-state index in [-0.39, 0.29) is 0 Å². The van der Waals surface area contributed by atoms with Crippen LogP contribution >= 0.6 is 0 Å². The first-order valence-corrected chi connectivity index (χ1v) is 6.75. The lowest BCUT2D eigenvalue weighted by molar-refractivity contribution is 0.417. The van der Waals surface area contributed by atoms with E-state index < -0.39 is 0 Å². The number of hydrogen-bond donors (Lipinski definition) is 1. The predicted octanol–water partition coefficient (Wildman–Crippen LogP) is 3.01. The molecule has 2 rings (SSSR count). The normalized spacial score (nSPS) is 10.3. The third-order valence-corrected chi connectivity index (χ3v) is 3.28. The van der Waals surface area contributed by atoms with E-state index in [4.69, 9.17) is 10.5 Å². The summed E-state index contributed by atoms with van der Waals surface area (Å²) in [7, 11) is 1.63. The van der Waals surface area contributed by atoms with Crippen molar-refractivity contribution in [3.63, 3.8) is 0 Å². The van der Waals surface area contributed by atoms with Crippen molar-refractivity contribution >= 4 is 11.4 Å². The minimum absolute atomic E-state index is 0.671. The fourth-order valence-electron chi connectivity index (χ4n) is 2.24. The zero-order valence-corrected chi connectivity index (χ0v) is 12.3. The highest BCUT2D eigenvalue weighted by atomic mass is 16.5. The van der Waals surface area contributed by atoms with Crippen molar-refractivity contribution in [3.05, 3.63) is 47.8 Å². The Kier molecular flexibility index (Phi) is 4.45. The maximum atomic E-state index is 6.17. The average molecular weight is 271 g/mol. The minimum Gasteiger partial charge on any atom is -0.495 e. The maximum Gasteiger partial charge on any atom is 0.143 e. The number of nitrogens with two attached hydrogens (primary N) is 1. The highest BCUT2D eigenvalue weighted by Crippen LogP contribution is 2.32. The molecule has 1 aromatic carbocycles. The van der Waals surface area contributed by atoms with E-state index in [1.165, 1.54) is 0 Å². The maximum absolute atomic E-state index is 6.17. The van der Waals surface area contributed by atoms with Crippen LogP contribution in [0.2, 0.25) is 0 Å². The second-order valence-electron chi connectivity index (χ2n) is 4.68. The van der Waals surface area contributed by atoms with Crippen molar-refractivity contribution in [2.24, 2.45) is 0 Å². The number of pyridine rings is 1. The quantitative estimate of drug-likeness (QED) is 0.849. The number of aromatic nitrogens is 1. The molecular formula is C16H21N3O. The molecule has 0 aliphatic carbocycles. The standard InChI is InChI=1S/C16H21N3O/c1-4-19(11-13-8-5-7-12(2)18-13)14-9-6-10-15(20-3)16(14)17/h5-10H,4,11,17H2,1-3H3. The van der Waals surface area contributed by atoms with Gasteiger partial charge >= 0.3 is 0 Å². The molecule has 2 aromatic rings. The number of para-hydroxylation sites is 1. The Balaban J connectivity index is 2.29. The van der Waals surface area contributed by atoms with Crippen LogP contribution in [0, 0.1) is 6.92 Å². The largest absolute Gasteiger partial charge is 0.495 e. The number of ether oxygens (including phenoxy) is 1. The van der Waals surface area contributed by atoms with Crippen LogP contribution in [0.4, 0.5) is 11.4 Å². The first-order valence-electron chi connectivity index (χ1n) is 6.75. The van der Waals surface area contributed by atoms with Gasteiger partial charge in [-0.3, -0.25) is 4.98 Å². The molecule has 106 valence electrons.